The van der Waals surface area contributed by atoms with Crippen LogP contribution in [-0.4, -0.2) is 17.7 Å². The van der Waals surface area contributed by atoms with E-state index in [-0.39, 0.29) is 30.9 Å². The maximum Gasteiger partial charge on any atom is 0.130 e. The van der Waals surface area contributed by atoms with E-state index in [1.807, 2.05) is 37.3 Å². The molecule has 3 nitrogen and oxygen atoms in total. The van der Waals surface area contributed by atoms with Crippen LogP contribution >= 0.6 is 0 Å². The number of aliphatic hydroxyl groups excluding tert-OH is 1. The average Bonchev–Trinajstić information content (AvgIpc) is 2.76. The molecule has 0 amide bonds. The molecule has 3 rings (SSSR count). The lowest BCUT2D eigenvalue weighted by Crippen LogP contribution is -3.00. The number of aliphatic hydroxyl groups is 1. The lowest BCUT2D eigenvalue weighted by atomic mass is 10.0. The number of rotatable bonds is 10. The molecule has 30 heavy (non-hydrogen) atoms. The van der Waals surface area contributed by atoms with Crippen LogP contribution < -0.4 is 22.5 Å². The number of aryl methyl sites for hydroxylation is 1. The summed E-state index contributed by atoms with van der Waals surface area (Å²) < 4.78 is 19.3. The molecule has 0 aliphatic heterocycles. The monoisotopic (exact) mass is 429 g/mol. The van der Waals surface area contributed by atoms with Gasteiger partial charge in [-0.15, -0.1) is 0 Å². The fourth-order valence-corrected chi connectivity index (χ4v) is 3.30. The molecule has 0 aliphatic carbocycles. The van der Waals surface area contributed by atoms with Crippen molar-refractivity contribution in [3.05, 3.63) is 101 Å². The van der Waals surface area contributed by atoms with Crippen LogP contribution in [0.1, 0.15) is 36.1 Å². The smallest absolute Gasteiger partial charge is 0.130 e. The van der Waals surface area contributed by atoms with E-state index >= 15 is 0 Å². The Morgan fingerprint density at radius 2 is 1.60 bits per heavy atom. The van der Waals surface area contributed by atoms with Crippen LogP contribution in [-0.2, 0) is 13.0 Å². The minimum absolute atomic E-state index is 0. The van der Waals surface area contributed by atoms with E-state index in [2.05, 4.69) is 29.6 Å². The first-order valence-corrected chi connectivity index (χ1v) is 10.1. The Labute approximate surface area is 184 Å². The molecular formula is C25H29ClFNO2. The molecule has 0 radical (unpaired) electrons. The molecule has 0 saturated carbocycles. The third kappa shape index (κ3) is 7.13. The Kier molecular flexibility index (Phi) is 9.81. The highest BCUT2D eigenvalue weighted by Crippen LogP contribution is 2.20. The number of ether oxygens (including phenoxy) is 1. The predicted molar refractivity (Wildman–Crippen MR) is 113 cm³/mol. The van der Waals surface area contributed by atoms with Crippen molar-refractivity contribution in [2.24, 2.45) is 0 Å². The molecule has 3 aromatic carbocycles. The zero-order valence-corrected chi connectivity index (χ0v) is 17.9. The third-order valence-corrected chi connectivity index (χ3v) is 5.12. The topological polar surface area (TPSA) is 46.1 Å². The zero-order chi connectivity index (χ0) is 20.5. The van der Waals surface area contributed by atoms with E-state index in [4.69, 9.17) is 4.74 Å². The molecular weight excluding hydrogens is 401 g/mol. The first-order valence-electron chi connectivity index (χ1n) is 10.1. The van der Waals surface area contributed by atoms with Crippen LogP contribution in [0, 0.1) is 5.82 Å². The normalized spacial score (nSPS) is 12.6. The molecule has 0 saturated heterocycles. The van der Waals surface area contributed by atoms with Gasteiger partial charge in [0, 0.05) is 12.0 Å². The van der Waals surface area contributed by atoms with E-state index < -0.39 is 6.10 Å². The molecule has 0 aliphatic rings. The van der Waals surface area contributed by atoms with Gasteiger partial charge in [-0.2, -0.15) is 0 Å². The van der Waals surface area contributed by atoms with E-state index in [1.54, 1.807) is 18.2 Å². The Morgan fingerprint density at radius 1 is 0.933 bits per heavy atom. The second-order valence-corrected chi connectivity index (χ2v) is 7.37. The van der Waals surface area contributed by atoms with E-state index in [9.17, 15) is 9.50 Å². The van der Waals surface area contributed by atoms with Crippen molar-refractivity contribution in [1.82, 2.24) is 0 Å². The van der Waals surface area contributed by atoms with E-state index in [0.29, 0.717) is 11.3 Å². The number of nitrogens with two attached hydrogens (primary N) is 1. The van der Waals surface area contributed by atoms with Gasteiger partial charge in [0.1, 0.15) is 30.3 Å². The molecule has 160 valence electrons. The fraction of sp³-hybridized carbons (Fsp3) is 0.280. The molecule has 0 aromatic heterocycles. The minimum atomic E-state index is -0.549. The first-order chi connectivity index (χ1) is 14.1. The summed E-state index contributed by atoms with van der Waals surface area (Å²) in [4.78, 5) is 0. The lowest BCUT2D eigenvalue weighted by molar-refractivity contribution is -0.694. The highest BCUT2D eigenvalue weighted by atomic mass is 35.5. The van der Waals surface area contributed by atoms with Crippen molar-refractivity contribution in [3.63, 3.8) is 0 Å². The minimum Gasteiger partial charge on any atom is -1.00 e. The number of hydrogen-bond acceptors (Lipinski definition) is 2. The van der Waals surface area contributed by atoms with Crippen molar-refractivity contribution in [1.29, 1.82) is 0 Å². The molecule has 3 N–H and O–H groups in total. The molecule has 2 atom stereocenters. The Balaban J connectivity index is 0.00000320. The molecule has 0 heterocycles. The maximum atomic E-state index is 13.7. The highest BCUT2D eigenvalue weighted by Gasteiger charge is 2.19. The standard InChI is InChI=1S/C25H28FNO2.ClH/c1-19(27-17-7-10-20-8-3-2-4-9-20)25(28)21-13-15-23(16-14-21)29-18-22-11-5-6-12-24(22)26;/h2-6,8-9,11-16,19,25,27-28H,7,10,17-18H2,1H3;1H. The molecule has 0 fully saturated rings. The van der Waals surface area contributed by atoms with Gasteiger partial charge >= 0.3 is 0 Å². The summed E-state index contributed by atoms with van der Waals surface area (Å²) in [6.07, 6.45) is 1.57. The summed E-state index contributed by atoms with van der Waals surface area (Å²) in [5.74, 6) is 0.389. The second-order valence-electron chi connectivity index (χ2n) is 7.37. The number of quaternary nitrogens is 1. The summed E-state index contributed by atoms with van der Waals surface area (Å²) in [6, 6.07) is 24.5. The molecule has 3 aromatic rings. The summed E-state index contributed by atoms with van der Waals surface area (Å²) >= 11 is 0. The average molecular weight is 430 g/mol. The Morgan fingerprint density at radius 3 is 2.30 bits per heavy atom. The number of halogens is 2. The van der Waals surface area contributed by atoms with Crippen molar-refractivity contribution in [3.8, 4) is 5.75 Å². The SMILES string of the molecule is CC([NH2+]CCCc1ccccc1)C(O)c1ccc(OCc2ccccc2F)cc1.[Cl-]. The fourth-order valence-electron chi connectivity index (χ4n) is 3.30. The predicted octanol–water partition coefficient (Wildman–Crippen LogP) is 1.03. The van der Waals surface area contributed by atoms with Gasteiger partial charge in [0.15, 0.2) is 0 Å². The Bertz CT molecular complexity index is 874. The second kappa shape index (κ2) is 12.3. The zero-order valence-electron chi connectivity index (χ0n) is 17.2. The largest absolute Gasteiger partial charge is 1.00 e. The van der Waals surface area contributed by atoms with Crippen LogP contribution in [0.2, 0.25) is 0 Å². The van der Waals surface area contributed by atoms with Gasteiger partial charge in [0.05, 0.1) is 6.54 Å². The first kappa shape index (κ1) is 23.9. The quantitative estimate of drug-likeness (QED) is 0.473. The van der Waals surface area contributed by atoms with E-state index in [1.165, 1.54) is 11.6 Å². The van der Waals surface area contributed by atoms with Crippen molar-refractivity contribution < 1.29 is 32.0 Å². The van der Waals surface area contributed by atoms with Gasteiger partial charge < -0.3 is 27.6 Å². The van der Waals surface area contributed by atoms with Gasteiger partial charge in [-0.25, -0.2) is 4.39 Å². The molecule has 0 spiro atoms. The highest BCUT2D eigenvalue weighted by molar-refractivity contribution is 5.29. The number of hydrogen-bond donors (Lipinski definition) is 2. The van der Waals surface area contributed by atoms with Gasteiger partial charge in [0.2, 0.25) is 0 Å². The molecule has 5 heteroatoms. The lowest BCUT2D eigenvalue weighted by Gasteiger charge is -2.18. The molecule has 0 bridgehead atoms. The van der Waals surface area contributed by atoms with Crippen LogP contribution in [0.5, 0.6) is 5.75 Å². The summed E-state index contributed by atoms with van der Waals surface area (Å²) in [7, 11) is 0. The van der Waals surface area contributed by atoms with Gasteiger partial charge in [0.25, 0.3) is 0 Å². The van der Waals surface area contributed by atoms with Crippen molar-refractivity contribution in [2.45, 2.75) is 38.5 Å². The van der Waals surface area contributed by atoms with Gasteiger partial charge in [-0.3, -0.25) is 0 Å². The van der Waals surface area contributed by atoms with E-state index in [0.717, 1.165) is 24.9 Å². The van der Waals surface area contributed by atoms with Crippen molar-refractivity contribution >= 4 is 0 Å². The summed E-state index contributed by atoms with van der Waals surface area (Å²) in [5.41, 5.74) is 2.73. The van der Waals surface area contributed by atoms with Crippen LogP contribution in [0.25, 0.3) is 0 Å². The van der Waals surface area contributed by atoms with Crippen LogP contribution in [0.15, 0.2) is 78.9 Å². The molecule has 2 unspecified atom stereocenters. The van der Waals surface area contributed by atoms with Gasteiger partial charge in [-0.05, 0) is 42.7 Å². The summed E-state index contributed by atoms with van der Waals surface area (Å²) in [6.45, 7) is 3.19. The van der Waals surface area contributed by atoms with Crippen molar-refractivity contribution in [2.75, 3.05) is 6.54 Å². The summed E-state index contributed by atoms with van der Waals surface area (Å²) in [5, 5.41) is 12.8. The maximum absolute atomic E-state index is 13.7. The third-order valence-electron chi connectivity index (χ3n) is 5.12. The Hall–Kier alpha value is -2.40. The number of benzene rings is 3. The van der Waals surface area contributed by atoms with Crippen LogP contribution in [0.3, 0.4) is 0 Å². The van der Waals surface area contributed by atoms with Crippen LogP contribution in [0.4, 0.5) is 4.39 Å². The van der Waals surface area contributed by atoms with Gasteiger partial charge in [-0.1, -0.05) is 60.7 Å².